The van der Waals surface area contributed by atoms with Crippen LogP contribution in [0.1, 0.15) is 30.9 Å². The number of aliphatic hydroxyl groups is 1. The minimum absolute atomic E-state index is 0.370. The predicted molar refractivity (Wildman–Crippen MR) is 97.2 cm³/mol. The van der Waals surface area contributed by atoms with Gasteiger partial charge >= 0.3 is 6.03 Å². The molecule has 0 aromatic heterocycles. The topological polar surface area (TPSA) is 81.7 Å². The van der Waals surface area contributed by atoms with Crippen molar-refractivity contribution in [1.82, 2.24) is 10.2 Å². The lowest BCUT2D eigenvalue weighted by molar-refractivity contribution is -0.147. The summed E-state index contributed by atoms with van der Waals surface area (Å²) in [6.45, 7) is 2.39. The first-order valence-electron chi connectivity index (χ1n) is 8.84. The van der Waals surface area contributed by atoms with Crippen LogP contribution in [0.5, 0.6) is 0 Å². The second-order valence-corrected chi connectivity index (χ2v) is 6.72. The largest absolute Gasteiger partial charge is 0.364 e. The first kappa shape index (κ1) is 16.6. The molecule has 2 aromatic rings. The first-order chi connectivity index (χ1) is 12.6. The highest BCUT2D eigenvalue weighted by Crippen LogP contribution is 2.52. The number of unbranched alkanes of at least 4 members (excludes halogenated alkanes) is 1. The lowest BCUT2D eigenvalue weighted by Crippen LogP contribution is -2.65. The molecule has 0 radical (unpaired) electrons. The quantitative estimate of drug-likeness (QED) is 0.792. The number of para-hydroxylation sites is 1. The summed E-state index contributed by atoms with van der Waals surface area (Å²) < 4.78 is 0. The van der Waals surface area contributed by atoms with Gasteiger partial charge in [0.2, 0.25) is 11.3 Å². The molecule has 1 fully saturated rings. The maximum absolute atomic E-state index is 13.4. The Balaban J connectivity index is 2.01. The van der Waals surface area contributed by atoms with Crippen molar-refractivity contribution in [2.75, 3.05) is 11.9 Å². The molecule has 0 saturated carbocycles. The van der Waals surface area contributed by atoms with Gasteiger partial charge in [-0.05, 0) is 18.1 Å². The third-order valence-electron chi connectivity index (χ3n) is 5.28. The highest BCUT2D eigenvalue weighted by molar-refractivity contribution is 6.07. The van der Waals surface area contributed by atoms with Gasteiger partial charge in [-0.15, -0.1) is 0 Å². The Morgan fingerprint density at radius 2 is 1.73 bits per heavy atom. The van der Waals surface area contributed by atoms with E-state index in [1.807, 2.05) is 13.0 Å². The van der Waals surface area contributed by atoms with E-state index in [2.05, 4.69) is 10.6 Å². The van der Waals surface area contributed by atoms with Gasteiger partial charge in [0.1, 0.15) is 0 Å². The van der Waals surface area contributed by atoms with Crippen LogP contribution < -0.4 is 10.6 Å². The van der Waals surface area contributed by atoms with Gasteiger partial charge in [0.25, 0.3) is 5.91 Å². The molecule has 6 heteroatoms. The van der Waals surface area contributed by atoms with E-state index in [4.69, 9.17) is 0 Å². The van der Waals surface area contributed by atoms with E-state index < -0.39 is 23.2 Å². The Morgan fingerprint density at radius 3 is 2.46 bits per heavy atom. The molecule has 26 heavy (non-hydrogen) atoms. The molecule has 2 aliphatic heterocycles. The molecule has 134 valence electrons. The van der Waals surface area contributed by atoms with Gasteiger partial charge in [-0.25, -0.2) is 4.79 Å². The number of hydrogen-bond acceptors (Lipinski definition) is 3. The zero-order chi connectivity index (χ0) is 18.4. The molecule has 0 spiro atoms. The van der Waals surface area contributed by atoms with Crippen molar-refractivity contribution in [3.63, 3.8) is 0 Å². The number of nitrogens with zero attached hydrogens (tertiary/aromatic N) is 1. The summed E-state index contributed by atoms with van der Waals surface area (Å²) in [7, 11) is 0. The number of carbonyl (C=O) groups is 2. The molecular weight excluding hydrogens is 330 g/mol. The maximum Gasteiger partial charge on any atom is 0.321 e. The minimum Gasteiger partial charge on any atom is -0.364 e. The van der Waals surface area contributed by atoms with E-state index in [0.29, 0.717) is 23.4 Å². The van der Waals surface area contributed by atoms with Gasteiger partial charge in [0.15, 0.2) is 0 Å². The van der Waals surface area contributed by atoms with Gasteiger partial charge < -0.3 is 20.6 Å². The fraction of sp³-hybridized carbons (Fsp3) is 0.300. The number of nitrogens with one attached hydrogen (secondary N) is 2. The second-order valence-electron chi connectivity index (χ2n) is 6.72. The Labute approximate surface area is 151 Å². The second kappa shape index (κ2) is 5.85. The molecule has 0 bridgehead atoms. The molecule has 3 amide bonds. The van der Waals surface area contributed by atoms with Crippen LogP contribution in [0.25, 0.3) is 0 Å². The normalized spacial score (nSPS) is 26.8. The monoisotopic (exact) mass is 351 g/mol. The Bertz CT molecular complexity index is 870. The first-order valence-corrected chi connectivity index (χ1v) is 8.84. The van der Waals surface area contributed by atoms with E-state index in [1.54, 1.807) is 48.5 Å². The van der Waals surface area contributed by atoms with E-state index >= 15 is 0 Å². The van der Waals surface area contributed by atoms with Crippen LogP contribution in [0.4, 0.5) is 10.5 Å². The molecule has 2 aromatic carbocycles. The number of benzene rings is 2. The van der Waals surface area contributed by atoms with Crippen LogP contribution in [0.3, 0.4) is 0 Å². The Kier molecular flexibility index (Phi) is 3.73. The van der Waals surface area contributed by atoms with Crippen LogP contribution in [0.15, 0.2) is 54.6 Å². The number of fused-ring (bicyclic) bond motifs is 3. The summed E-state index contributed by atoms with van der Waals surface area (Å²) >= 11 is 0. The van der Waals surface area contributed by atoms with Gasteiger partial charge in [-0.2, -0.15) is 0 Å². The number of hydrogen-bond donors (Lipinski definition) is 3. The lowest BCUT2D eigenvalue weighted by Gasteiger charge is -2.47. The number of carbonyl (C=O) groups excluding carboxylic acids is 2. The minimum atomic E-state index is -1.85. The van der Waals surface area contributed by atoms with E-state index in [0.717, 1.165) is 12.8 Å². The van der Waals surface area contributed by atoms with Crippen molar-refractivity contribution in [3.8, 4) is 0 Å². The molecular formula is C20H21N3O3. The molecule has 6 nitrogen and oxygen atoms in total. The smallest absolute Gasteiger partial charge is 0.321 e. The molecule has 2 heterocycles. The van der Waals surface area contributed by atoms with Crippen molar-refractivity contribution in [1.29, 1.82) is 0 Å². The van der Waals surface area contributed by atoms with Gasteiger partial charge in [-0.1, -0.05) is 61.9 Å². The molecule has 3 N–H and O–H groups in total. The summed E-state index contributed by atoms with van der Waals surface area (Å²) in [5.41, 5.74) is -1.85. The number of rotatable bonds is 4. The summed E-state index contributed by atoms with van der Waals surface area (Å²) in [6.07, 6.45) is 1.60. The van der Waals surface area contributed by atoms with Crippen molar-refractivity contribution in [2.45, 2.75) is 31.0 Å². The van der Waals surface area contributed by atoms with Crippen LogP contribution in [-0.2, 0) is 16.1 Å². The highest BCUT2D eigenvalue weighted by atomic mass is 16.3. The lowest BCUT2D eigenvalue weighted by atomic mass is 9.72. The molecule has 2 aliphatic rings. The summed E-state index contributed by atoms with van der Waals surface area (Å²) in [4.78, 5) is 27.7. The average molecular weight is 351 g/mol. The van der Waals surface area contributed by atoms with Gasteiger partial charge in [-0.3, -0.25) is 4.79 Å². The molecule has 1 saturated heterocycles. The number of urea groups is 1. The summed E-state index contributed by atoms with van der Waals surface area (Å²) in [5.74, 6) is -0.417. The fourth-order valence-corrected chi connectivity index (χ4v) is 4.09. The van der Waals surface area contributed by atoms with Gasteiger partial charge in [0, 0.05) is 17.8 Å². The van der Waals surface area contributed by atoms with Crippen molar-refractivity contribution >= 4 is 17.6 Å². The summed E-state index contributed by atoms with van der Waals surface area (Å²) in [5, 5.41) is 17.3. The molecule has 0 unspecified atom stereocenters. The number of anilines is 1. The maximum atomic E-state index is 13.4. The molecule has 2 atom stereocenters. The van der Waals surface area contributed by atoms with E-state index in [1.165, 1.54) is 4.90 Å². The zero-order valence-corrected chi connectivity index (χ0v) is 14.5. The Hall–Kier alpha value is -2.86. The summed E-state index contributed by atoms with van der Waals surface area (Å²) in [6, 6.07) is 15.6. The van der Waals surface area contributed by atoms with Crippen molar-refractivity contribution < 1.29 is 14.7 Å². The van der Waals surface area contributed by atoms with Crippen molar-refractivity contribution in [2.24, 2.45) is 0 Å². The number of amides is 3. The SMILES string of the molecule is CCCCN1C(=O)N[C@@]2(O)c3ccccc3NC(=O)[C@@]12c1ccccc1. The van der Waals surface area contributed by atoms with Gasteiger partial charge in [0.05, 0.1) is 0 Å². The average Bonchev–Trinajstić information content (AvgIpc) is 2.89. The van der Waals surface area contributed by atoms with Crippen LogP contribution in [0.2, 0.25) is 0 Å². The predicted octanol–water partition coefficient (Wildman–Crippen LogP) is 2.50. The van der Waals surface area contributed by atoms with Crippen LogP contribution in [-0.4, -0.2) is 28.5 Å². The van der Waals surface area contributed by atoms with Crippen LogP contribution >= 0.6 is 0 Å². The zero-order valence-electron chi connectivity index (χ0n) is 14.5. The highest BCUT2D eigenvalue weighted by Gasteiger charge is 2.70. The van der Waals surface area contributed by atoms with E-state index in [9.17, 15) is 14.7 Å². The standard InChI is InChI=1S/C20H21N3O3/c1-2-3-13-23-18(25)22-20(26)15-11-7-8-12-16(15)21-17(24)19(20,23)14-9-5-4-6-10-14/h4-12,26H,2-3,13H2,1H3,(H,21,24)(H,22,25)/t19-,20-/m1/s1. The van der Waals surface area contributed by atoms with Crippen molar-refractivity contribution in [3.05, 3.63) is 65.7 Å². The van der Waals surface area contributed by atoms with E-state index in [-0.39, 0.29) is 0 Å². The molecule has 4 rings (SSSR count). The third kappa shape index (κ3) is 1.96. The van der Waals surface area contributed by atoms with Crippen LogP contribution in [0, 0.1) is 0 Å². The Morgan fingerprint density at radius 1 is 1.04 bits per heavy atom. The fourth-order valence-electron chi connectivity index (χ4n) is 4.09. The molecule has 0 aliphatic carbocycles. The third-order valence-corrected chi connectivity index (χ3v) is 5.28.